The third kappa shape index (κ3) is 16.0. The average molecular weight is 432 g/mol. The normalized spacial score (nSPS) is 17.4. The second-order valence-corrected chi connectivity index (χ2v) is 7.95. The average Bonchev–Trinajstić information content (AvgIpc) is 2.78. The predicted molar refractivity (Wildman–Crippen MR) is 120 cm³/mol. The van der Waals surface area contributed by atoms with Crippen molar-refractivity contribution in [2.45, 2.75) is 121 Å². The van der Waals surface area contributed by atoms with Gasteiger partial charge in [0.2, 0.25) is 0 Å². The van der Waals surface area contributed by atoms with E-state index in [1.165, 1.54) is 38.5 Å². The van der Waals surface area contributed by atoms with Gasteiger partial charge < -0.3 is 30.0 Å². The van der Waals surface area contributed by atoms with Gasteiger partial charge in [-0.25, -0.2) is 0 Å². The summed E-state index contributed by atoms with van der Waals surface area (Å²) in [6, 6.07) is 0. The monoisotopic (exact) mass is 431 g/mol. The van der Waals surface area contributed by atoms with Crippen molar-refractivity contribution in [2.24, 2.45) is 0 Å². The lowest BCUT2D eigenvalue weighted by Gasteiger charge is -2.25. The highest BCUT2D eigenvalue weighted by atomic mass is 16.5. The first kappa shape index (κ1) is 27.2. The standard InChI is InChI=1S/C24H46O6/c1-2-3-4-5-6-7-8-9-10-11-12-13-14-15-16-17-18-30-22(20-26)24(29)23(28)21(27)19-25/h9-10,20-25,27-29H,2-8,11-19H2,1H3/b10-9-/t21-,22+,23-,24-/m1/s1/i13D/t13?,21-,22+,23-,24-. The first-order valence-electron chi connectivity index (χ1n) is 12.3. The summed E-state index contributed by atoms with van der Waals surface area (Å²) in [7, 11) is 0. The Morgan fingerprint density at radius 1 is 0.833 bits per heavy atom. The van der Waals surface area contributed by atoms with Gasteiger partial charge in [0.15, 0.2) is 6.29 Å². The van der Waals surface area contributed by atoms with E-state index in [1.54, 1.807) is 0 Å². The number of rotatable bonds is 22. The molecule has 30 heavy (non-hydrogen) atoms. The molecule has 6 nitrogen and oxygen atoms in total. The number of aliphatic hydroxyl groups excluding tert-OH is 4. The zero-order valence-corrected chi connectivity index (χ0v) is 18.8. The molecule has 0 radical (unpaired) electrons. The van der Waals surface area contributed by atoms with E-state index in [1.807, 2.05) is 0 Å². The molecule has 0 spiro atoms. The molecule has 0 aromatic heterocycles. The summed E-state index contributed by atoms with van der Waals surface area (Å²) in [4.78, 5) is 11.0. The predicted octanol–water partition coefficient (Wildman–Crippen LogP) is 3.68. The fourth-order valence-electron chi connectivity index (χ4n) is 3.17. The minimum absolute atomic E-state index is 0.0701. The molecule has 0 aliphatic carbocycles. The molecule has 0 saturated heterocycles. The summed E-state index contributed by atoms with van der Waals surface area (Å²) in [6.07, 6.45) is 12.9. The summed E-state index contributed by atoms with van der Waals surface area (Å²) in [6.45, 7) is 1.76. The van der Waals surface area contributed by atoms with Crippen molar-refractivity contribution in [3.63, 3.8) is 0 Å². The summed E-state index contributed by atoms with van der Waals surface area (Å²) < 4.78 is 13.4. The van der Waals surface area contributed by atoms with Crippen molar-refractivity contribution >= 4 is 6.29 Å². The second-order valence-electron chi connectivity index (χ2n) is 7.95. The maximum Gasteiger partial charge on any atom is 0.151 e. The van der Waals surface area contributed by atoms with E-state index in [0.29, 0.717) is 12.7 Å². The highest BCUT2D eigenvalue weighted by Crippen LogP contribution is 2.11. The van der Waals surface area contributed by atoms with Crippen LogP contribution in [0.4, 0.5) is 0 Å². The molecule has 178 valence electrons. The molecule has 0 rings (SSSR count). The Morgan fingerprint density at radius 3 is 2.10 bits per heavy atom. The molecule has 0 bridgehead atoms. The van der Waals surface area contributed by atoms with Gasteiger partial charge in [0.1, 0.15) is 24.4 Å². The Labute approximate surface area is 184 Å². The topological polar surface area (TPSA) is 107 Å². The fourth-order valence-corrected chi connectivity index (χ4v) is 3.17. The van der Waals surface area contributed by atoms with E-state index in [9.17, 15) is 20.1 Å². The zero-order valence-electron chi connectivity index (χ0n) is 19.8. The molecule has 0 heterocycles. The minimum atomic E-state index is -1.65. The van der Waals surface area contributed by atoms with Gasteiger partial charge in [-0.05, 0) is 32.1 Å². The molecule has 4 N–H and O–H groups in total. The van der Waals surface area contributed by atoms with Crippen LogP contribution < -0.4 is 0 Å². The van der Waals surface area contributed by atoms with Crippen LogP contribution in [0.1, 0.15) is 98.2 Å². The van der Waals surface area contributed by atoms with Crippen molar-refractivity contribution < 1.29 is 31.3 Å². The third-order valence-electron chi connectivity index (χ3n) is 5.19. The number of carbonyl (C=O) groups excluding carboxylic acids is 1. The van der Waals surface area contributed by atoms with Gasteiger partial charge in [-0.3, -0.25) is 0 Å². The Balaban J connectivity index is 3.69. The zero-order chi connectivity index (χ0) is 23.3. The first-order valence-corrected chi connectivity index (χ1v) is 11.8. The molecule has 0 aliphatic rings. The summed E-state index contributed by atoms with van der Waals surface area (Å²) in [5.41, 5.74) is 0. The molecular formula is C24H46O6. The van der Waals surface area contributed by atoms with Crippen LogP contribution in [0.5, 0.6) is 0 Å². The lowest BCUT2D eigenvalue weighted by molar-refractivity contribution is -0.146. The number of aliphatic hydroxyl groups is 4. The lowest BCUT2D eigenvalue weighted by atomic mass is 10.0. The molecule has 0 saturated carbocycles. The Kier molecular flexibility index (Phi) is 19.5. The van der Waals surface area contributed by atoms with Crippen molar-refractivity contribution in [1.82, 2.24) is 0 Å². The van der Waals surface area contributed by atoms with Gasteiger partial charge in [0.25, 0.3) is 0 Å². The van der Waals surface area contributed by atoms with Gasteiger partial charge >= 0.3 is 0 Å². The van der Waals surface area contributed by atoms with E-state index in [4.69, 9.17) is 11.2 Å². The molecule has 0 amide bonds. The van der Waals surface area contributed by atoms with Gasteiger partial charge in [-0.15, -0.1) is 0 Å². The number of hydrogen-bond acceptors (Lipinski definition) is 6. The van der Waals surface area contributed by atoms with Gasteiger partial charge in [0, 0.05) is 7.98 Å². The van der Waals surface area contributed by atoms with Crippen molar-refractivity contribution in [3.8, 4) is 0 Å². The fraction of sp³-hybridized carbons (Fsp3) is 0.875. The lowest BCUT2D eigenvalue weighted by Crippen LogP contribution is -2.47. The number of unbranched alkanes of at least 4 members (excludes halogenated alkanes) is 8. The summed E-state index contributed by atoms with van der Waals surface area (Å²) in [5.74, 6) is 0. The molecule has 0 aromatic rings. The van der Waals surface area contributed by atoms with Crippen LogP contribution in [0.15, 0.2) is 12.2 Å². The van der Waals surface area contributed by atoms with E-state index >= 15 is 0 Å². The van der Waals surface area contributed by atoms with Crippen LogP contribution in [0.2, 0.25) is 0 Å². The molecule has 0 fully saturated rings. The molecule has 0 aliphatic heterocycles. The van der Waals surface area contributed by atoms with Gasteiger partial charge in [-0.2, -0.15) is 0 Å². The number of aldehydes is 1. The van der Waals surface area contributed by atoms with Crippen molar-refractivity contribution in [2.75, 3.05) is 13.2 Å². The van der Waals surface area contributed by atoms with Crippen molar-refractivity contribution in [3.05, 3.63) is 12.2 Å². The maximum atomic E-state index is 11.0. The summed E-state index contributed by atoms with van der Waals surface area (Å²) in [5, 5.41) is 37.6. The molecule has 1 unspecified atom stereocenters. The first-order chi connectivity index (χ1) is 15.0. The Morgan fingerprint density at radius 2 is 1.43 bits per heavy atom. The Hall–Kier alpha value is -0.790. The van der Waals surface area contributed by atoms with Crippen LogP contribution in [-0.2, 0) is 9.53 Å². The van der Waals surface area contributed by atoms with Crippen LogP contribution in [-0.4, -0.2) is 64.3 Å². The van der Waals surface area contributed by atoms with Crippen LogP contribution >= 0.6 is 0 Å². The maximum absolute atomic E-state index is 11.0. The van der Waals surface area contributed by atoms with Crippen molar-refractivity contribution in [1.29, 1.82) is 0 Å². The van der Waals surface area contributed by atoms with E-state index in [-0.39, 0.29) is 13.0 Å². The SMILES string of the molecule is [2H]C(CC/C=C\CCCCCCCC)CCCCCO[C@@H](C=O)[C@@H](O)[C@H](O)[C@H](O)CO. The molecule has 6 heteroatoms. The molecule has 5 atom stereocenters. The van der Waals surface area contributed by atoms with Crippen LogP contribution in [0.25, 0.3) is 0 Å². The van der Waals surface area contributed by atoms with Crippen LogP contribution in [0.3, 0.4) is 0 Å². The number of hydrogen-bond donors (Lipinski definition) is 4. The highest BCUT2D eigenvalue weighted by molar-refractivity contribution is 5.57. The van der Waals surface area contributed by atoms with Gasteiger partial charge in [0.05, 0.1) is 6.61 Å². The highest BCUT2D eigenvalue weighted by Gasteiger charge is 2.31. The Bertz CT molecular complexity index is 434. The summed E-state index contributed by atoms with van der Waals surface area (Å²) >= 11 is 0. The van der Waals surface area contributed by atoms with E-state index < -0.39 is 31.0 Å². The third-order valence-corrected chi connectivity index (χ3v) is 5.19. The largest absolute Gasteiger partial charge is 0.394 e. The quantitative estimate of drug-likeness (QED) is 0.118. The number of allylic oxidation sites excluding steroid dienone is 2. The van der Waals surface area contributed by atoms with Crippen LogP contribution in [0, 0.1) is 0 Å². The molecule has 0 aromatic carbocycles. The van der Waals surface area contributed by atoms with E-state index in [2.05, 4.69) is 19.1 Å². The smallest absolute Gasteiger partial charge is 0.151 e. The second kappa shape index (κ2) is 21.4. The van der Waals surface area contributed by atoms with Gasteiger partial charge in [-0.1, -0.05) is 76.8 Å². The number of ether oxygens (including phenoxy) is 1. The minimum Gasteiger partial charge on any atom is -0.394 e. The number of carbonyl (C=O) groups is 1. The molecular weight excluding hydrogens is 384 g/mol. The van der Waals surface area contributed by atoms with E-state index in [0.717, 1.165) is 38.5 Å².